The molecule has 1 amide bonds. The number of aliphatic hydroxyl groups excluding tert-OH is 1. The molecule has 1 aliphatic heterocycles. The van der Waals surface area contributed by atoms with Crippen molar-refractivity contribution in [2.75, 3.05) is 38.6 Å². The number of ether oxygens (including phenoxy) is 2. The Balaban J connectivity index is 1.61. The van der Waals surface area contributed by atoms with E-state index in [1.165, 1.54) is 18.2 Å². The summed E-state index contributed by atoms with van der Waals surface area (Å²) in [6.07, 6.45) is -0.268. The number of sulfonamides is 1. The van der Waals surface area contributed by atoms with Crippen LogP contribution in [0.25, 0.3) is 0 Å². The van der Waals surface area contributed by atoms with Crippen molar-refractivity contribution in [3.8, 4) is 11.5 Å². The molecule has 1 aliphatic rings. The van der Waals surface area contributed by atoms with Gasteiger partial charge in [0, 0.05) is 31.2 Å². The van der Waals surface area contributed by atoms with Crippen LogP contribution in [0.15, 0.2) is 77.7 Å². The Morgan fingerprint density at radius 1 is 1.12 bits per heavy atom. The summed E-state index contributed by atoms with van der Waals surface area (Å²) >= 11 is 0. The molecule has 2 N–H and O–H groups in total. The van der Waals surface area contributed by atoms with Crippen molar-refractivity contribution in [1.82, 2.24) is 9.80 Å². The topological polar surface area (TPSA) is 108 Å². The highest BCUT2D eigenvalue weighted by Crippen LogP contribution is 2.31. The lowest BCUT2D eigenvalue weighted by Crippen LogP contribution is -2.49. The third-order valence-electron chi connectivity index (χ3n) is 7.07. The van der Waals surface area contributed by atoms with Crippen LogP contribution in [0.1, 0.15) is 29.8 Å². The number of hydrogen-bond acceptors (Lipinski definition) is 7. The van der Waals surface area contributed by atoms with E-state index >= 15 is 0 Å². The lowest BCUT2D eigenvalue weighted by molar-refractivity contribution is 0.0341. The van der Waals surface area contributed by atoms with Crippen LogP contribution in [0, 0.1) is 5.92 Å². The molecule has 0 spiro atoms. The van der Waals surface area contributed by atoms with Crippen LogP contribution in [0.2, 0.25) is 0 Å². The Morgan fingerprint density at radius 3 is 2.48 bits per heavy atom. The molecule has 40 heavy (non-hydrogen) atoms. The van der Waals surface area contributed by atoms with Crippen LogP contribution in [0.3, 0.4) is 0 Å². The van der Waals surface area contributed by atoms with E-state index in [1.54, 1.807) is 49.3 Å². The molecule has 10 heteroatoms. The summed E-state index contributed by atoms with van der Waals surface area (Å²) in [4.78, 5) is 17.6. The minimum absolute atomic E-state index is 0.0410. The second-order valence-electron chi connectivity index (χ2n) is 10.3. The van der Waals surface area contributed by atoms with Gasteiger partial charge in [-0.2, -0.15) is 0 Å². The minimum atomic E-state index is -3.85. The van der Waals surface area contributed by atoms with Crippen LogP contribution in [0.4, 0.5) is 5.69 Å². The van der Waals surface area contributed by atoms with E-state index in [4.69, 9.17) is 9.47 Å². The fraction of sp³-hybridized carbons (Fsp3) is 0.367. The van der Waals surface area contributed by atoms with Crippen molar-refractivity contribution in [2.45, 2.75) is 37.4 Å². The number of carbonyl (C=O) groups excluding carboxylic acids is 1. The average molecular weight is 568 g/mol. The highest BCUT2D eigenvalue weighted by Gasteiger charge is 2.33. The third-order valence-corrected chi connectivity index (χ3v) is 8.47. The second-order valence-corrected chi connectivity index (χ2v) is 12.0. The van der Waals surface area contributed by atoms with Crippen LogP contribution in [-0.4, -0.2) is 75.2 Å². The van der Waals surface area contributed by atoms with E-state index in [0.29, 0.717) is 25.4 Å². The number of fused-ring (bicyclic) bond motifs is 1. The molecule has 0 fully saturated rings. The maximum atomic E-state index is 13.7. The van der Waals surface area contributed by atoms with Crippen molar-refractivity contribution in [2.24, 2.45) is 5.92 Å². The van der Waals surface area contributed by atoms with Gasteiger partial charge in [0.15, 0.2) is 0 Å². The van der Waals surface area contributed by atoms with Crippen LogP contribution < -0.4 is 14.2 Å². The number of methoxy groups -OCH3 is 1. The molecule has 0 aromatic heterocycles. The first kappa shape index (κ1) is 29.4. The molecule has 0 radical (unpaired) electrons. The zero-order chi connectivity index (χ0) is 28.9. The minimum Gasteiger partial charge on any atom is -0.497 e. The summed E-state index contributed by atoms with van der Waals surface area (Å²) in [6, 6.07) is 20.2. The molecule has 9 nitrogen and oxygen atoms in total. The number of likely N-dealkylation sites (N-methyl/N-ethyl adjacent to an activating group) is 1. The maximum absolute atomic E-state index is 13.7. The van der Waals surface area contributed by atoms with Gasteiger partial charge in [0.05, 0.1) is 30.2 Å². The molecule has 0 aliphatic carbocycles. The van der Waals surface area contributed by atoms with Gasteiger partial charge in [-0.3, -0.25) is 14.4 Å². The predicted octanol–water partition coefficient (Wildman–Crippen LogP) is 3.85. The molecule has 0 unspecified atom stereocenters. The summed E-state index contributed by atoms with van der Waals surface area (Å²) in [6.45, 7) is 5.28. The van der Waals surface area contributed by atoms with Crippen molar-refractivity contribution < 1.29 is 27.8 Å². The van der Waals surface area contributed by atoms with E-state index in [-0.39, 0.29) is 40.7 Å². The van der Waals surface area contributed by atoms with Crippen molar-refractivity contribution in [3.05, 3.63) is 83.9 Å². The molecule has 0 saturated carbocycles. The summed E-state index contributed by atoms with van der Waals surface area (Å²) in [5, 5.41) is 9.91. The van der Waals surface area contributed by atoms with Gasteiger partial charge in [0.25, 0.3) is 15.9 Å². The Kier molecular flexibility index (Phi) is 9.34. The first-order valence-corrected chi connectivity index (χ1v) is 14.7. The molecule has 3 aromatic rings. The lowest BCUT2D eigenvalue weighted by Gasteiger charge is -2.38. The molecule has 4 rings (SSSR count). The Bertz CT molecular complexity index is 1400. The molecular weight excluding hydrogens is 530 g/mol. The molecule has 0 bridgehead atoms. The van der Waals surface area contributed by atoms with Crippen LogP contribution in [-0.2, 0) is 16.6 Å². The summed E-state index contributed by atoms with van der Waals surface area (Å²) in [7, 11) is -0.195. The largest absolute Gasteiger partial charge is 0.497 e. The van der Waals surface area contributed by atoms with Gasteiger partial charge in [0.2, 0.25) is 0 Å². The number of rotatable bonds is 10. The number of nitrogens with one attached hydrogen (secondary N) is 1. The molecule has 0 saturated heterocycles. The van der Waals surface area contributed by atoms with Gasteiger partial charge in [0.1, 0.15) is 17.6 Å². The van der Waals surface area contributed by atoms with Gasteiger partial charge in [-0.05, 0) is 62.0 Å². The first-order chi connectivity index (χ1) is 19.1. The van der Waals surface area contributed by atoms with Gasteiger partial charge < -0.3 is 19.5 Å². The van der Waals surface area contributed by atoms with Gasteiger partial charge in [-0.1, -0.05) is 37.3 Å². The highest BCUT2D eigenvalue weighted by atomic mass is 32.2. The molecule has 3 atom stereocenters. The smallest absolute Gasteiger partial charge is 0.261 e. The maximum Gasteiger partial charge on any atom is 0.261 e. The number of nitrogens with zero attached hydrogens (tertiary/aromatic N) is 2. The number of anilines is 1. The zero-order valence-corrected chi connectivity index (χ0v) is 24.1. The van der Waals surface area contributed by atoms with E-state index < -0.39 is 16.1 Å². The predicted molar refractivity (Wildman–Crippen MR) is 154 cm³/mol. The number of aliphatic hydroxyl groups is 1. The van der Waals surface area contributed by atoms with Crippen molar-refractivity contribution in [3.63, 3.8) is 0 Å². The molecular formula is C30H37N3O6S. The highest BCUT2D eigenvalue weighted by molar-refractivity contribution is 7.92. The molecule has 3 aromatic carbocycles. The SMILES string of the molecule is COc1ccc(CN(C)C[C@H]2Oc3ccc(NS(=O)(=O)c4ccccc4)cc3C(=O)N([C@H](C)CO)C[C@@H]2C)cc1. The first-order valence-electron chi connectivity index (χ1n) is 13.2. The van der Waals surface area contributed by atoms with Crippen molar-refractivity contribution in [1.29, 1.82) is 0 Å². The van der Waals surface area contributed by atoms with Gasteiger partial charge in [-0.15, -0.1) is 0 Å². The van der Waals surface area contributed by atoms with E-state index in [9.17, 15) is 18.3 Å². The van der Waals surface area contributed by atoms with Crippen LogP contribution in [0.5, 0.6) is 11.5 Å². The second kappa shape index (κ2) is 12.7. The summed E-state index contributed by atoms with van der Waals surface area (Å²) in [5.74, 6) is 0.806. The molecule has 1 heterocycles. The average Bonchev–Trinajstić information content (AvgIpc) is 2.95. The lowest BCUT2D eigenvalue weighted by atomic mass is 9.99. The van der Waals surface area contributed by atoms with Crippen molar-refractivity contribution >= 4 is 21.6 Å². The summed E-state index contributed by atoms with van der Waals surface area (Å²) in [5.41, 5.74) is 1.62. The quantitative estimate of drug-likeness (QED) is 0.383. The molecule has 214 valence electrons. The van der Waals surface area contributed by atoms with Crippen LogP contribution >= 0.6 is 0 Å². The fourth-order valence-electron chi connectivity index (χ4n) is 4.73. The monoisotopic (exact) mass is 567 g/mol. The number of carbonyl (C=O) groups is 1. The van der Waals surface area contributed by atoms with E-state index in [2.05, 4.69) is 9.62 Å². The normalized spacial score (nSPS) is 18.4. The Morgan fingerprint density at radius 2 is 1.82 bits per heavy atom. The number of benzene rings is 3. The van der Waals surface area contributed by atoms with E-state index in [1.807, 2.05) is 38.2 Å². The Labute approximate surface area is 236 Å². The summed E-state index contributed by atoms with van der Waals surface area (Å²) < 4.78 is 40.1. The third kappa shape index (κ3) is 6.93. The van der Waals surface area contributed by atoms with Gasteiger partial charge >= 0.3 is 0 Å². The Hall–Kier alpha value is -3.60. The van der Waals surface area contributed by atoms with Gasteiger partial charge in [-0.25, -0.2) is 8.42 Å². The number of hydrogen-bond donors (Lipinski definition) is 2. The fourth-order valence-corrected chi connectivity index (χ4v) is 5.80. The number of amides is 1. The zero-order valence-electron chi connectivity index (χ0n) is 23.3. The van der Waals surface area contributed by atoms with E-state index in [0.717, 1.165) is 11.3 Å². The standard InChI is InChI=1S/C30H37N3O6S/c1-21-17-33(22(2)20-34)30(35)27-16-24(31-40(36,37)26-8-6-5-7-9-26)12-15-28(27)39-29(21)19-32(3)18-23-10-13-25(38-4)14-11-23/h5-16,21-22,29,31,34H,17-20H2,1-4H3/t21-,22+,29+/m0/s1.